The van der Waals surface area contributed by atoms with Crippen LogP contribution in [0.25, 0.3) is 0 Å². The SMILES string of the molecule is CNCc1ccc(S(=O)(=O)NC2CCC2)cc1Cl. The first-order chi connectivity index (χ1) is 8.53. The summed E-state index contributed by atoms with van der Waals surface area (Å²) >= 11 is 6.07. The summed E-state index contributed by atoms with van der Waals surface area (Å²) in [7, 11) is -1.61. The van der Waals surface area contributed by atoms with Crippen molar-refractivity contribution < 1.29 is 8.42 Å². The highest BCUT2D eigenvalue weighted by molar-refractivity contribution is 7.89. The monoisotopic (exact) mass is 288 g/mol. The highest BCUT2D eigenvalue weighted by Crippen LogP contribution is 2.24. The van der Waals surface area contributed by atoms with Crippen LogP contribution in [-0.2, 0) is 16.6 Å². The molecule has 1 aromatic carbocycles. The second kappa shape index (κ2) is 5.57. The Morgan fingerprint density at radius 1 is 1.39 bits per heavy atom. The Bertz CT molecular complexity index is 527. The Kier molecular flexibility index (Phi) is 4.27. The number of rotatable bonds is 5. The van der Waals surface area contributed by atoms with Gasteiger partial charge in [0, 0.05) is 17.6 Å². The van der Waals surface area contributed by atoms with Gasteiger partial charge >= 0.3 is 0 Å². The van der Waals surface area contributed by atoms with Crippen LogP contribution in [0.2, 0.25) is 5.02 Å². The summed E-state index contributed by atoms with van der Waals surface area (Å²) in [5.74, 6) is 0. The third kappa shape index (κ3) is 3.03. The van der Waals surface area contributed by atoms with Gasteiger partial charge in [-0.05, 0) is 37.6 Å². The maximum Gasteiger partial charge on any atom is 0.240 e. The van der Waals surface area contributed by atoms with Gasteiger partial charge in [0.25, 0.3) is 0 Å². The molecular weight excluding hydrogens is 272 g/mol. The highest BCUT2D eigenvalue weighted by atomic mass is 35.5. The van der Waals surface area contributed by atoms with Crippen molar-refractivity contribution in [3.05, 3.63) is 28.8 Å². The summed E-state index contributed by atoms with van der Waals surface area (Å²) in [6, 6.07) is 4.94. The summed E-state index contributed by atoms with van der Waals surface area (Å²) in [4.78, 5) is 0.235. The maximum absolute atomic E-state index is 12.1. The Morgan fingerprint density at radius 3 is 2.61 bits per heavy atom. The number of halogens is 1. The molecule has 0 radical (unpaired) electrons. The van der Waals surface area contributed by atoms with E-state index in [1.807, 2.05) is 7.05 Å². The lowest BCUT2D eigenvalue weighted by Gasteiger charge is -2.26. The molecule has 2 rings (SSSR count). The minimum atomic E-state index is -3.43. The molecule has 0 bridgehead atoms. The molecule has 1 fully saturated rings. The van der Waals surface area contributed by atoms with Crippen molar-refractivity contribution in [1.82, 2.24) is 10.0 Å². The van der Waals surface area contributed by atoms with E-state index < -0.39 is 10.0 Å². The van der Waals surface area contributed by atoms with Gasteiger partial charge in [0.15, 0.2) is 0 Å². The van der Waals surface area contributed by atoms with E-state index >= 15 is 0 Å². The van der Waals surface area contributed by atoms with Gasteiger partial charge in [-0.2, -0.15) is 0 Å². The fourth-order valence-electron chi connectivity index (χ4n) is 1.84. The van der Waals surface area contributed by atoms with Gasteiger partial charge in [-0.3, -0.25) is 0 Å². The molecule has 0 amide bonds. The first-order valence-electron chi connectivity index (χ1n) is 5.98. The number of hydrogen-bond acceptors (Lipinski definition) is 3. The van der Waals surface area contributed by atoms with Gasteiger partial charge < -0.3 is 5.32 Å². The van der Waals surface area contributed by atoms with Crippen LogP contribution in [0.4, 0.5) is 0 Å². The van der Waals surface area contributed by atoms with Crippen LogP contribution in [0.3, 0.4) is 0 Å². The van der Waals surface area contributed by atoms with E-state index in [1.165, 1.54) is 6.07 Å². The van der Waals surface area contributed by atoms with E-state index in [2.05, 4.69) is 10.0 Å². The minimum Gasteiger partial charge on any atom is -0.316 e. The molecule has 6 heteroatoms. The lowest BCUT2D eigenvalue weighted by molar-refractivity contribution is 0.383. The van der Waals surface area contributed by atoms with Crippen molar-refractivity contribution in [2.45, 2.75) is 36.7 Å². The molecule has 0 saturated heterocycles. The van der Waals surface area contributed by atoms with Crippen LogP contribution in [-0.4, -0.2) is 21.5 Å². The average molecular weight is 289 g/mol. The zero-order valence-corrected chi connectivity index (χ0v) is 11.8. The summed E-state index contributed by atoms with van der Waals surface area (Å²) in [6.45, 7) is 0.620. The van der Waals surface area contributed by atoms with Crippen molar-refractivity contribution in [2.75, 3.05) is 7.05 Å². The fourth-order valence-corrected chi connectivity index (χ4v) is 3.49. The zero-order chi connectivity index (χ0) is 13.2. The molecule has 2 N–H and O–H groups in total. The molecule has 1 aliphatic carbocycles. The van der Waals surface area contributed by atoms with Crippen LogP contribution in [0.15, 0.2) is 23.1 Å². The molecule has 18 heavy (non-hydrogen) atoms. The number of hydrogen-bond donors (Lipinski definition) is 2. The third-order valence-corrected chi connectivity index (χ3v) is 5.00. The summed E-state index contributed by atoms with van der Waals surface area (Å²) in [6.07, 6.45) is 2.94. The quantitative estimate of drug-likeness (QED) is 0.870. The van der Waals surface area contributed by atoms with E-state index in [0.29, 0.717) is 11.6 Å². The topological polar surface area (TPSA) is 58.2 Å². The van der Waals surface area contributed by atoms with Crippen LogP contribution in [0, 0.1) is 0 Å². The molecule has 0 spiro atoms. The molecule has 0 aromatic heterocycles. The fraction of sp³-hybridized carbons (Fsp3) is 0.500. The van der Waals surface area contributed by atoms with E-state index in [9.17, 15) is 8.42 Å². The standard InChI is InChI=1S/C12H17ClN2O2S/c1-14-8-9-5-6-11(7-12(9)13)18(16,17)15-10-3-2-4-10/h5-7,10,14-15H,2-4,8H2,1H3. The Labute approximate surface area is 113 Å². The van der Waals surface area contributed by atoms with Gasteiger partial charge in [0.1, 0.15) is 0 Å². The van der Waals surface area contributed by atoms with E-state index in [-0.39, 0.29) is 10.9 Å². The smallest absolute Gasteiger partial charge is 0.240 e. The van der Waals surface area contributed by atoms with E-state index in [4.69, 9.17) is 11.6 Å². The normalized spacial score (nSPS) is 16.6. The summed E-state index contributed by atoms with van der Waals surface area (Å²) in [5.41, 5.74) is 0.891. The van der Waals surface area contributed by atoms with Crippen molar-refractivity contribution >= 4 is 21.6 Å². The van der Waals surface area contributed by atoms with Gasteiger partial charge in [-0.1, -0.05) is 24.1 Å². The third-order valence-electron chi connectivity index (χ3n) is 3.13. The van der Waals surface area contributed by atoms with Gasteiger partial charge in [0.2, 0.25) is 10.0 Å². The molecule has 1 aliphatic rings. The molecule has 1 saturated carbocycles. The van der Waals surface area contributed by atoms with Crippen molar-refractivity contribution in [1.29, 1.82) is 0 Å². The molecule has 0 atom stereocenters. The van der Waals surface area contributed by atoms with Crippen molar-refractivity contribution in [3.63, 3.8) is 0 Å². The first-order valence-corrected chi connectivity index (χ1v) is 7.84. The largest absolute Gasteiger partial charge is 0.316 e. The Morgan fingerprint density at radius 2 is 2.11 bits per heavy atom. The lowest BCUT2D eigenvalue weighted by atomic mass is 9.94. The van der Waals surface area contributed by atoms with Crippen molar-refractivity contribution in [2.24, 2.45) is 0 Å². The van der Waals surface area contributed by atoms with Crippen LogP contribution in [0.5, 0.6) is 0 Å². The van der Waals surface area contributed by atoms with Gasteiger partial charge in [-0.25, -0.2) is 13.1 Å². The summed E-state index contributed by atoms with van der Waals surface area (Å²) < 4.78 is 26.8. The zero-order valence-electron chi connectivity index (χ0n) is 10.2. The predicted molar refractivity (Wildman–Crippen MR) is 72.2 cm³/mol. The molecule has 100 valence electrons. The summed E-state index contributed by atoms with van der Waals surface area (Å²) in [5, 5.41) is 3.46. The molecule has 0 unspecified atom stereocenters. The molecule has 1 aromatic rings. The van der Waals surface area contributed by atoms with Gasteiger partial charge in [0.05, 0.1) is 4.90 Å². The Balaban J connectivity index is 2.19. The van der Waals surface area contributed by atoms with Crippen LogP contribution in [0.1, 0.15) is 24.8 Å². The van der Waals surface area contributed by atoms with E-state index in [0.717, 1.165) is 24.8 Å². The molecular formula is C12H17ClN2O2S. The lowest BCUT2D eigenvalue weighted by Crippen LogP contribution is -2.39. The molecule has 0 aliphatic heterocycles. The van der Waals surface area contributed by atoms with Crippen LogP contribution >= 0.6 is 11.6 Å². The average Bonchev–Trinajstić information content (AvgIpc) is 2.27. The number of sulfonamides is 1. The molecule has 0 heterocycles. The second-order valence-electron chi connectivity index (χ2n) is 4.53. The highest BCUT2D eigenvalue weighted by Gasteiger charge is 2.24. The number of nitrogens with one attached hydrogen (secondary N) is 2. The maximum atomic E-state index is 12.1. The second-order valence-corrected chi connectivity index (χ2v) is 6.65. The van der Waals surface area contributed by atoms with E-state index in [1.54, 1.807) is 12.1 Å². The number of benzene rings is 1. The minimum absolute atomic E-state index is 0.0887. The Hall–Kier alpha value is -0.620. The van der Waals surface area contributed by atoms with Crippen molar-refractivity contribution in [3.8, 4) is 0 Å². The van der Waals surface area contributed by atoms with Crippen LogP contribution < -0.4 is 10.0 Å². The molecule has 4 nitrogen and oxygen atoms in total. The first kappa shape index (κ1) is 13.8. The van der Waals surface area contributed by atoms with Gasteiger partial charge in [-0.15, -0.1) is 0 Å². The predicted octanol–water partition coefficient (Wildman–Crippen LogP) is 1.89.